The Morgan fingerprint density at radius 3 is 2.40 bits per heavy atom. The van der Waals surface area contributed by atoms with E-state index in [2.05, 4.69) is 25.7 Å². The van der Waals surface area contributed by atoms with Gasteiger partial charge in [-0.25, -0.2) is 8.78 Å². The number of hydrogen-bond acceptors (Lipinski definition) is 1. The molecule has 88 valence electrons. The van der Waals surface area contributed by atoms with Gasteiger partial charge >= 0.3 is 0 Å². The van der Waals surface area contributed by atoms with Crippen molar-refractivity contribution in [2.45, 2.75) is 39.5 Å². The van der Waals surface area contributed by atoms with Gasteiger partial charge in [0.15, 0.2) is 0 Å². The van der Waals surface area contributed by atoms with Crippen molar-refractivity contribution in [1.82, 2.24) is 4.90 Å². The van der Waals surface area contributed by atoms with Crippen molar-refractivity contribution in [2.24, 2.45) is 17.3 Å². The highest BCUT2D eigenvalue weighted by molar-refractivity contribution is 4.99. The number of hydrogen-bond donors (Lipinski definition) is 0. The summed E-state index contributed by atoms with van der Waals surface area (Å²) in [6.07, 6.45) is 1.27. The Morgan fingerprint density at radius 2 is 2.00 bits per heavy atom. The highest BCUT2D eigenvalue weighted by Crippen LogP contribution is 2.50. The van der Waals surface area contributed by atoms with E-state index in [4.69, 9.17) is 0 Å². The van der Waals surface area contributed by atoms with Gasteiger partial charge in [-0.1, -0.05) is 20.8 Å². The van der Waals surface area contributed by atoms with Crippen LogP contribution in [0.4, 0.5) is 8.78 Å². The standard InChI is InChI=1S/C12H21F2N/c1-9(2)11(3)4-5-15(8-11)7-10-6-12(10,13)14/h9-10H,4-8H2,1-3H3. The van der Waals surface area contributed by atoms with Crippen LogP contribution >= 0.6 is 0 Å². The first-order valence-corrected chi connectivity index (χ1v) is 5.94. The first kappa shape index (κ1) is 11.3. The molecule has 1 aliphatic heterocycles. The molecule has 2 unspecified atom stereocenters. The summed E-state index contributed by atoms with van der Waals surface area (Å²) in [5, 5.41) is 0. The van der Waals surface area contributed by atoms with Gasteiger partial charge in [0.25, 0.3) is 5.92 Å². The van der Waals surface area contributed by atoms with Crippen LogP contribution in [-0.4, -0.2) is 30.5 Å². The van der Waals surface area contributed by atoms with E-state index in [0.29, 0.717) is 17.9 Å². The molecule has 15 heavy (non-hydrogen) atoms. The monoisotopic (exact) mass is 217 g/mol. The van der Waals surface area contributed by atoms with Crippen molar-refractivity contribution in [3.8, 4) is 0 Å². The predicted octanol–water partition coefficient (Wildman–Crippen LogP) is 3.01. The lowest BCUT2D eigenvalue weighted by molar-refractivity contribution is 0.0877. The lowest BCUT2D eigenvalue weighted by atomic mass is 9.78. The van der Waals surface area contributed by atoms with Crippen molar-refractivity contribution < 1.29 is 8.78 Å². The van der Waals surface area contributed by atoms with Gasteiger partial charge in [-0.15, -0.1) is 0 Å². The van der Waals surface area contributed by atoms with Gasteiger partial charge in [-0.3, -0.25) is 0 Å². The zero-order valence-corrected chi connectivity index (χ0v) is 9.89. The first-order chi connectivity index (χ1) is 6.83. The maximum Gasteiger partial charge on any atom is 0.252 e. The van der Waals surface area contributed by atoms with E-state index < -0.39 is 5.92 Å². The molecule has 0 amide bonds. The van der Waals surface area contributed by atoms with Gasteiger partial charge in [-0.2, -0.15) is 0 Å². The number of rotatable bonds is 3. The molecule has 3 heteroatoms. The SMILES string of the molecule is CC(C)C1(C)CCN(CC2CC2(F)F)C1. The molecule has 1 saturated heterocycles. The van der Waals surface area contributed by atoms with Crippen molar-refractivity contribution in [3.05, 3.63) is 0 Å². The molecule has 2 atom stereocenters. The van der Waals surface area contributed by atoms with Crippen molar-refractivity contribution in [2.75, 3.05) is 19.6 Å². The van der Waals surface area contributed by atoms with E-state index in [-0.39, 0.29) is 12.3 Å². The molecular weight excluding hydrogens is 196 g/mol. The van der Waals surface area contributed by atoms with Crippen LogP contribution in [0.5, 0.6) is 0 Å². The number of halogens is 2. The Balaban J connectivity index is 1.83. The topological polar surface area (TPSA) is 3.24 Å². The normalized spacial score (nSPS) is 40.0. The van der Waals surface area contributed by atoms with Gasteiger partial charge < -0.3 is 4.90 Å². The lowest BCUT2D eigenvalue weighted by Gasteiger charge is -2.29. The van der Waals surface area contributed by atoms with Crippen LogP contribution in [0.1, 0.15) is 33.6 Å². The molecule has 0 radical (unpaired) electrons. The minimum Gasteiger partial charge on any atom is -0.302 e. The summed E-state index contributed by atoms with van der Waals surface area (Å²) in [4.78, 5) is 2.23. The summed E-state index contributed by atoms with van der Waals surface area (Å²) in [5.41, 5.74) is 0.337. The third-order valence-corrected chi connectivity index (χ3v) is 4.41. The van der Waals surface area contributed by atoms with Crippen molar-refractivity contribution >= 4 is 0 Å². The molecule has 0 aromatic heterocycles. The second-order valence-electron chi connectivity index (χ2n) is 5.96. The van der Waals surface area contributed by atoms with Gasteiger partial charge in [0.1, 0.15) is 0 Å². The van der Waals surface area contributed by atoms with E-state index in [1.54, 1.807) is 0 Å². The molecule has 0 aromatic carbocycles. The van der Waals surface area contributed by atoms with Crippen LogP contribution in [0.15, 0.2) is 0 Å². The van der Waals surface area contributed by atoms with Gasteiger partial charge in [0, 0.05) is 25.4 Å². The zero-order chi connectivity index (χ0) is 11.3. The minimum atomic E-state index is -2.35. The summed E-state index contributed by atoms with van der Waals surface area (Å²) < 4.78 is 25.5. The second-order valence-corrected chi connectivity index (χ2v) is 5.96. The Bertz CT molecular complexity index is 252. The summed E-state index contributed by atoms with van der Waals surface area (Å²) in [5.74, 6) is -2.06. The Hall–Kier alpha value is -0.180. The van der Waals surface area contributed by atoms with Gasteiger partial charge in [0.2, 0.25) is 0 Å². The van der Waals surface area contributed by atoms with Crippen LogP contribution in [0.2, 0.25) is 0 Å². The summed E-state index contributed by atoms with van der Waals surface area (Å²) in [6, 6.07) is 0. The highest BCUT2D eigenvalue weighted by atomic mass is 19.3. The summed E-state index contributed by atoms with van der Waals surface area (Å²) >= 11 is 0. The lowest BCUT2D eigenvalue weighted by Crippen LogP contribution is -2.30. The Morgan fingerprint density at radius 1 is 1.40 bits per heavy atom. The Kier molecular flexibility index (Phi) is 2.57. The predicted molar refractivity (Wildman–Crippen MR) is 57.1 cm³/mol. The van der Waals surface area contributed by atoms with Gasteiger partial charge in [0.05, 0.1) is 0 Å². The number of alkyl halides is 2. The van der Waals surface area contributed by atoms with Crippen molar-refractivity contribution in [1.29, 1.82) is 0 Å². The van der Waals surface area contributed by atoms with E-state index in [1.165, 1.54) is 0 Å². The van der Waals surface area contributed by atoms with E-state index in [9.17, 15) is 8.78 Å². The first-order valence-electron chi connectivity index (χ1n) is 5.94. The van der Waals surface area contributed by atoms with Gasteiger partial charge in [-0.05, 0) is 24.3 Å². The number of likely N-dealkylation sites (tertiary alicyclic amines) is 1. The average molecular weight is 217 g/mol. The molecular formula is C12H21F2N. The molecule has 1 saturated carbocycles. The molecule has 0 N–H and O–H groups in total. The Labute approximate surface area is 90.8 Å². The molecule has 2 rings (SSSR count). The number of nitrogens with zero attached hydrogens (tertiary/aromatic N) is 1. The fourth-order valence-electron chi connectivity index (χ4n) is 2.49. The zero-order valence-electron chi connectivity index (χ0n) is 9.89. The molecule has 1 nitrogen and oxygen atoms in total. The fourth-order valence-corrected chi connectivity index (χ4v) is 2.49. The molecule has 2 fully saturated rings. The van der Waals surface area contributed by atoms with Crippen LogP contribution in [-0.2, 0) is 0 Å². The third kappa shape index (κ3) is 2.17. The molecule has 2 aliphatic rings. The van der Waals surface area contributed by atoms with E-state index >= 15 is 0 Å². The minimum absolute atomic E-state index is 0.113. The second kappa shape index (κ2) is 3.41. The maximum atomic E-state index is 12.8. The van der Waals surface area contributed by atoms with E-state index in [0.717, 1.165) is 19.5 Å². The summed E-state index contributed by atoms with van der Waals surface area (Å²) in [7, 11) is 0. The van der Waals surface area contributed by atoms with Crippen LogP contribution in [0, 0.1) is 17.3 Å². The quantitative estimate of drug-likeness (QED) is 0.702. The van der Waals surface area contributed by atoms with Crippen LogP contribution in [0.25, 0.3) is 0 Å². The largest absolute Gasteiger partial charge is 0.302 e. The van der Waals surface area contributed by atoms with Crippen LogP contribution in [0.3, 0.4) is 0 Å². The fraction of sp³-hybridized carbons (Fsp3) is 1.00. The maximum absolute atomic E-state index is 12.8. The van der Waals surface area contributed by atoms with Crippen LogP contribution < -0.4 is 0 Å². The third-order valence-electron chi connectivity index (χ3n) is 4.41. The molecule has 0 spiro atoms. The van der Waals surface area contributed by atoms with E-state index in [1.807, 2.05) is 0 Å². The molecule has 0 bridgehead atoms. The molecule has 0 aromatic rings. The molecule has 1 aliphatic carbocycles. The molecule has 1 heterocycles. The van der Waals surface area contributed by atoms with Crippen molar-refractivity contribution in [3.63, 3.8) is 0 Å². The highest BCUT2D eigenvalue weighted by Gasteiger charge is 2.57. The smallest absolute Gasteiger partial charge is 0.252 e. The summed E-state index contributed by atoms with van der Waals surface area (Å²) in [6.45, 7) is 9.35. The average Bonchev–Trinajstić information content (AvgIpc) is 2.55.